The van der Waals surface area contributed by atoms with E-state index in [1.807, 2.05) is 23.1 Å². The second-order valence-electron chi connectivity index (χ2n) is 18.6. The Morgan fingerprint density at radius 1 is 0.493 bits per heavy atom. The highest BCUT2D eigenvalue weighted by Gasteiger charge is 2.35. The fraction of sp³-hybridized carbons (Fsp3) is 0.414. The van der Waals surface area contributed by atoms with Gasteiger partial charge in [0.25, 0.3) is 29.5 Å². The van der Waals surface area contributed by atoms with Crippen LogP contribution in [-0.2, 0) is 17.6 Å². The quantitative estimate of drug-likeness (QED) is 0.0358. The van der Waals surface area contributed by atoms with Crippen molar-refractivity contribution >= 4 is 46.8 Å². The lowest BCUT2D eigenvalue weighted by Crippen LogP contribution is -2.32. The molecule has 0 fully saturated rings. The molecule has 69 heavy (non-hydrogen) atoms. The van der Waals surface area contributed by atoms with E-state index in [0.717, 1.165) is 120 Å². The summed E-state index contributed by atoms with van der Waals surface area (Å²) in [5, 5.41) is 9.92. The van der Waals surface area contributed by atoms with Crippen LogP contribution in [-0.4, -0.2) is 81.5 Å². The van der Waals surface area contributed by atoms with Crippen molar-refractivity contribution in [3.8, 4) is 0 Å². The minimum Gasteiger partial charge on any atom is -0.481 e. The van der Waals surface area contributed by atoms with Crippen molar-refractivity contribution < 1.29 is 33.9 Å². The maximum Gasteiger partial charge on any atom is 0.307 e. The number of carbonyl (C=O) groups is 6. The van der Waals surface area contributed by atoms with Crippen LogP contribution in [0.15, 0.2) is 115 Å². The molecule has 11 heteroatoms. The fourth-order valence-corrected chi connectivity index (χ4v) is 11.1. The molecule has 5 aromatic rings. The molecule has 10 nitrogen and oxygen atoms in total. The van der Waals surface area contributed by atoms with Gasteiger partial charge >= 0.3 is 5.97 Å². The number of amides is 5. The Hall–Kier alpha value is -6.20. The number of aliphatic carboxylic acids is 1. The third-order valence-electron chi connectivity index (χ3n) is 13.7. The molecule has 0 aliphatic carbocycles. The van der Waals surface area contributed by atoms with Gasteiger partial charge in [-0.1, -0.05) is 162 Å². The first-order chi connectivity index (χ1) is 33.7. The molecule has 0 spiro atoms. The molecule has 2 aliphatic rings. The van der Waals surface area contributed by atoms with Crippen LogP contribution in [0.3, 0.4) is 0 Å². The van der Waals surface area contributed by atoms with Crippen LogP contribution >= 0.6 is 11.3 Å². The SMILES string of the molecule is O=C(O)Cc1cc(C(=O)N(CCCCCCCCCCN2C(=O)c3ccccc3C2=O)CCCCCCCCCCN2C(=O)c3ccccc3C2=O)sc1CCC(c1ccccc1)c1ccccc1. The van der Waals surface area contributed by atoms with Crippen molar-refractivity contribution in [2.24, 2.45) is 0 Å². The zero-order valence-electron chi connectivity index (χ0n) is 40.0. The largest absolute Gasteiger partial charge is 0.481 e. The van der Waals surface area contributed by atoms with Gasteiger partial charge in [-0.05, 0) is 85.5 Å². The van der Waals surface area contributed by atoms with E-state index < -0.39 is 5.97 Å². The maximum absolute atomic E-state index is 14.4. The molecule has 0 saturated heterocycles. The Balaban J connectivity index is 0.874. The molecule has 0 radical (unpaired) electrons. The van der Waals surface area contributed by atoms with E-state index in [-0.39, 0.29) is 41.9 Å². The number of carboxylic acid groups (broad SMARTS) is 1. The van der Waals surface area contributed by atoms with Gasteiger partial charge in [0.15, 0.2) is 0 Å². The Bertz CT molecular complexity index is 2320. The minimum atomic E-state index is -0.905. The summed E-state index contributed by atoms with van der Waals surface area (Å²) in [4.78, 5) is 83.6. The molecular formula is C58H67N3O7S. The lowest BCUT2D eigenvalue weighted by atomic mass is 9.87. The second-order valence-corrected chi connectivity index (χ2v) is 19.7. The van der Waals surface area contributed by atoms with Gasteiger partial charge in [-0.2, -0.15) is 0 Å². The Morgan fingerprint density at radius 3 is 1.25 bits per heavy atom. The van der Waals surface area contributed by atoms with E-state index in [0.29, 0.717) is 59.7 Å². The van der Waals surface area contributed by atoms with Crippen LogP contribution in [0.25, 0.3) is 0 Å². The number of hydrogen-bond acceptors (Lipinski definition) is 7. The molecule has 0 atom stereocenters. The molecule has 2 aliphatic heterocycles. The van der Waals surface area contributed by atoms with E-state index in [1.165, 1.54) is 32.3 Å². The molecule has 0 unspecified atom stereocenters. The number of carboxylic acids is 1. The number of imide groups is 2. The lowest BCUT2D eigenvalue weighted by Gasteiger charge is -2.22. The van der Waals surface area contributed by atoms with Crippen molar-refractivity contribution in [2.75, 3.05) is 26.2 Å². The summed E-state index contributed by atoms with van der Waals surface area (Å²) in [5.41, 5.74) is 5.14. The van der Waals surface area contributed by atoms with Crippen LogP contribution < -0.4 is 0 Å². The number of carbonyl (C=O) groups excluding carboxylic acids is 5. The average Bonchev–Trinajstić information content (AvgIpc) is 3.96. The number of benzene rings is 4. The highest BCUT2D eigenvalue weighted by atomic mass is 32.1. The topological polar surface area (TPSA) is 132 Å². The Labute approximate surface area is 411 Å². The van der Waals surface area contributed by atoms with Crippen molar-refractivity contribution in [1.29, 1.82) is 0 Å². The predicted molar refractivity (Wildman–Crippen MR) is 272 cm³/mol. The highest BCUT2D eigenvalue weighted by molar-refractivity contribution is 7.14. The normalized spacial score (nSPS) is 13.2. The first-order valence-electron chi connectivity index (χ1n) is 25.3. The average molecular weight is 950 g/mol. The highest BCUT2D eigenvalue weighted by Crippen LogP contribution is 2.33. The number of nitrogens with zero attached hydrogens (tertiary/aromatic N) is 3. The Kier molecular flexibility index (Phi) is 19.1. The first kappa shape index (κ1) is 50.7. The molecular weight excluding hydrogens is 883 g/mol. The molecule has 5 amide bonds. The zero-order valence-corrected chi connectivity index (χ0v) is 40.8. The standard InChI is InChI=1S/C58H67N3O7S/c62-53(63)42-45-41-52(69-51(45)36-35-46(43-27-15-13-16-28-43)44-29-17-14-18-30-44)58(68)59(37-23-9-5-1-3-7-11-25-39-60-54(64)47-31-19-20-32-48(47)55(60)65)38-24-10-6-2-4-8-12-26-40-61-56(66)49-33-21-22-34-50(49)57(61)67/h13-22,27-34,41,46H,1-12,23-26,35-40,42H2,(H,62,63). The van der Waals surface area contributed by atoms with Gasteiger partial charge in [0, 0.05) is 37.0 Å². The molecule has 3 heterocycles. The van der Waals surface area contributed by atoms with Crippen molar-refractivity contribution in [3.05, 3.63) is 164 Å². The van der Waals surface area contributed by atoms with Crippen LogP contribution in [0.1, 0.15) is 188 Å². The summed E-state index contributed by atoms with van der Waals surface area (Å²) in [6.07, 6.45) is 17.2. The number of aryl methyl sites for hydroxylation is 1. The number of fused-ring (bicyclic) bond motifs is 2. The van der Waals surface area contributed by atoms with Crippen LogP contribution in [0.2, 0.25) is 0 Å². The molecule has 362 valence electrons. The predicted octanol–water partition coefficient (Wildman–Crippen LogP) is 12.4. The van der Waals surface area contributed by atoms with Gasteiger partial charge in [-0.3, -0.25) is 38.6 Å². The molecule has 1 N–H and O–H groups in total. The van der Waals surface area contributed by atoms with Gasteiger partial charge in [0.2, 0.25) is 0 Å². The number of unbranched alkanes of at least 4 members (excludes halogenated alkanes) is 14. The second kappa shape index (κ2) is 26.0. The van der Waals surface area contributed by atoms with Crippen molar-refractivity contribution in [1.82, 2.24) is 14.7 Å². The van der Waals surface area contributed by atoms with Gasteiger partial charge in [0.1, 0.15) is 0 Å². The van der Waals surface area contributed by atoms with Crippen LogP contribution in [0.5, 0.6) is 0 Å². The molecule has 4 aromatic carbocycles. The van der Waals surface area contributed by atoms with E-state index in [1.54, 1.807) is 48.5 Å². The van der Waals surface area contributed by atoms with Gasteiger partial charge < -0.3 is 10.0 Å². The minimum absolute atomic E-state index is 0.0170. The third kappa shape index (κ3) is 13.7. The van der Waals surface area contributed by atoms with E-state index in [2.05, 4.69) is 48.5 Å². The van der Waals surface area contributed by atoms with Crippen molar-refractivity contribution in [2.45, 2.75) is 128 Å². The number of rotatable bonds is 30. The summed E-state index contributed by atoms with van der Waals surface area (Å²) in [6, 6.07) is 36.7. The van der Waals surface area contributed by atoms with Crippen molar-refractivity contribution in [3.63, 3.8) is 0 Å². The summed E-state index contributed by atoms with van der Waals surface area (Å²) >= 11 is 1.46. The number of hydrogen-bond donors (Lipinski definition) is 1. The van der Waals surface area contributed by atoms with Crippen LogP contribution in [0.4, 0.5) is 0 Å². The van der Waals surface area contributed by atoms with Crippen LogP contribution in [0, 0.1) is 0 Å². The molecule has 1 aromatic heterocycles. The van der Waals surface area contributed by atoms with Gasteiger partial charge in [-0.15, -0.1) is 11.3 Å². The first-order valence-corrected chi connectivity index (χ1v) is 26.2. The van der Waals surface area contributed by atoms with Gasteiger partial charge in [0.05, 0.1) is 33.6 Å². The van der Waals surface area contributed by atoms with E-state index >= 15 is 0 Å². The molecule has 7 rings (SSSR count). The zero-order chi connectivity index (χ0) is 48.4. The summed E-state index contributed by atoms with van der Waals surface area (Å²) in [7, 11) is 0. The summed E-state index contributed by atoms with van der Waals surface area (Å²) in [5.74, 6) is -1.55. The summed E-state index contributed by atoms with van der Waals surface area (Å²) < 4.78 is 0. The monoisotopic (exact) mass is 949 g/mol. The number of thiophene rings is 1. The smallest absolute Gasteiger partial charge is 0.307 e. The third-order valence-corrected chi connectivity index (χ3v) is 14.9. The molecule has 0 saturated carbocycles. The lowest BCUT2D eigenvalue weighted by molar-refractivity contribution is -0.136. The van der Waals surface area contributed by atoms with E-state index in [9.17, 15) is 33.9 Å². The Morgan fingerprint density at radius 2 is 0.855 bits per heavy atom. The van der Waals surface area contributed by atoms with Gasteiger partial charge in [-0.25, -0.2) is 0 Å². The maximum atomic E-state index is 14.4. The molecule has 0 bridgehead atoms. The fourth-order valence-electron chi connectivity index (χ4n) is 9.89. The van der Waals surface area contributed by atoms with E-state index in [4.69, 9.17) is 0 Å². The summed E-state index contributed by atoms with van der Waals surface area (Å²) in [6.45, 7) is 2.20.